The van der Waals surface area contributed by atoms with Gasteiger partial charge in [-0.05, 0) is 72.6 Å². The van der Waals surface area contributed by atoms with Crippen molar-refractivity contribution < 1.29 is 28.2 Å². The van der Waals surface area contributed by atoms with Gasteiger partial charge in [0.15, 0.2) is 0 Å². The molecule has 0 radical (unpaired) electrons. The number of nitrogens with two attached hydrogens (primary N) is 1. The summed E-state index contributed by atoms with van der Waals surface area (Å²) in [6.07, 6.45) is 0.217. The molecule has 3 aromatic rings. The highest BCUT2D eigenvalue weighted by Crippen LogP contribution is 2.28. The van der Waals surface area contributed by atoms with E-state index in [1.807, 2.05) is 24.3 Å². The number of benzene rings is 3. The number of likely N-dealkylation sites (tertiary alicyclic amines) is 1. The Balaban J connectivity index is 1.69. The molecule has 10 heteroatoms. The lowest BCUT2D eigenvalue weighted by Crippen LogP contribution is -2.47. The van der Waals surface area contributed by atoms with Gasteiger partial charge in [-0.1, -0.05) is 12.1 Å². The number of hydrogen-bond acceptors (Lipinski definition) is 6. The number of halogens is 1. The Kier molecular flexibility index (Phi) is 9.34. The molecule has 2 atom stereocenters. The molecule has 0 aromatic heterocycles. The Labute approximate surface area is 232 Å². The van der Waals surface area contributed by atoms with Gasteiger partial charge in [0.2, 0.25) is 5.91 Å². The van der Waals surface area contributed by atoms with E-state index in [1.165, 1.54) is 29.2 Å². The van der Waals surface area contributed by atoms with E-state index in [0.717, 1.165) is 5.56 Å². The number of carbonyl (C=O) groups is 3. The summed E-state index contributed by atoms with van der Waals surface area (Å²) in [4.78, 5) is 43.7. The molecule has 0 bridgehead atoms. The molecule has 3 amide bonds. The van der Waals surface area contributed by atoms with Gasteiger partial charge in [-0.15, -0.1) is 0 Å². The molecule has 40 heavy (non-hydrogen) atoms. The van der Waals surface area contributed by atoms with E-state index < -0.39 is 23.8 Å². The third-order valence-corrected chi connectivity index (χ3v) is 6.90. The first-order chi connectivity index (χ1) is 19.3. The molecular weight excluding hydrogens is 515 g/mol. The number of hydrogen-bond donors (Lipinski definition) is 2. The highest BCUT2D eigenvalue weighted by molar-refractivity contribution is 5.99. The lowest BCUT2D eigenvalue weighted by atomic mass is 10.1. The van der Waals surface area contributed by atoms with Crippen molar-refractivity contribution in [3.05, 3.63) is 95.3 Å². The van der Waals surface area contributed by atoms with Crippen LogP contribution in [-0.2, 0) is 11.3 Å². The maximum Gasteiger partial charge on any atom is 0.254 e. The molecule has 0 saturated carbocycles. The van der Waals surface area contributed by atoms with Crippen molar-refractivity contribution >= 4 is 17.7 Å². The molecule has 0 spiro atoms. The van der Waals surface area contributed by atoms with E-state index >= 15 is 0 Å². The van der Waals surface area contributed by atoms with Crippen LogP contribution in [0.1, 0.15) is 32.7 Å². The van der Waals surface area contributed by atoms with Crippen LogP contribution in [-0.4, -0.2) is 73.5 Å². The molecule has 1 saturated heterocycles. The van der Waals surface area contributed by atoms with E-state index in [-0.39, 0.29) is 50.0 Å². The van der Waals surface area contributed by atoms with Gasteiger partial charge in [-0.25, -0.2) is 4.39 Å². The van der Waals surface area contributed by atoms with Crippen molar-refractivity contribution in [1.29, 1.82) is 0 Å². The minimum Gasteiger partial charge on any atom is -0.497 e. The quantitative estimate of drug-likeness (QED) is 0.403. The topological polar surface area (TPSA) is 114 Å². The molecule has 1 aliphatic heterocycles. The molecular formula is C30H33FN4O5. The van der Waals surface area contributed by atoms with Crippen LogP contribution in [0.3, 0.4) is 0 Å². The van der Waals surface area contributed by atoms with Crippen LogP contribution in [0.2, 0.25) is 0 Å². The van der Waals surface area contributed by atoms with Crippen LogP contribution in [0.15, 0.2) is 72.8 Å². The van der Waals surface area contributed by atoms with Gasteiger partial charge in [-0.2, -0.15) is 0 Å². The minimum absolute atomic E-state index is 0.114. The summed E-state index contributed by atoms with van der Waals surface area (Å²) in [5.41, 5.74) is 7.10. The molecule has 1 aliphatic rings. The summed E-state index contributed by atoms with van der Waals surface area (Å²) >= 11 is 0. The van der Waals surface area contributed by atoms with Gasteiger partial charge >= 0.3 is 0 Å². The predicted octanol–water partition coefficient (Wildman–Crippen LogP) is 2.84. The van der Waals surface area contributed by atoms with Gasteiger partial charge in [0.25, 0.3) is 11.8 Å². The zero-order valence-electron chi connectivity index (χ0n) is 22.5. The van der Waals surface area contributed by atoms with Crippen molar-refractivity contribution in [2.75, 3.05) is 33.9 Å². The Morgan fingerprint density at radius 3 is 2.30 bits per heavy atom. The zero-order chi connectivity index (χ0) is 28.6. The number of rotatable bonds is 10. The van der Waals surface area contributed by atoms with Gasteiger partial charge in [0.05, 0.1) is 20.3 Å². The van der Waals surface area contributed by atoms with Gasteiger partial charge in [-0.3, -0.25) is 14.4 Å². The number of methoxy groups -OCH3 is 2. The van der Waals surface area contributed by atoms with Crippen LogP contribution in [0.25, 0.3) is 0 Å². The molecule has 1 heterocycles. The second kappa shape index (κ2) is 13.1. The second-order valence-electron chi connectivity index (χ2n) is 9.46. The van der Waals surface area contributed by atoms with Crippen LogP contribution in [0.4, 0.5) is 4.39 Å². The van der Waals surface area contributed by atoms with Crippen molar-refractivity contribution in [2.45, 2.75) is 25.0 Å². The lowest BCUT2D eigenvalue weighted by Gasteiger charge is -2.29. The lowest BCUT2D eigenvalue weighted by molar-refractivity contribution is -0.124. The summed E-state index contributed by atoms with van der Waals surface area (Å²) in [7, 11) is 3.12. The highest BCUT2D eigenvalue weighted by Gasteiger charge is 2.43. The summed E-state index contributed by atoms with van der Waals surface area (Å²) in [5.74, 6) is -0.247. The molecule has 210 valence electrons. The third kappa shape index (κ3) is 6.58. The fraction of sp³-hybridized carbons (Fsp3) is 0.300. The zero-order valence-corrected chi connectivity index (χ0v) is 22.5. The molecule has 3 N–H and O–H groups in total. The first-order valence-corrected chi connectivity index (χ1v) is 13.0. The Bertz CT molecular complexity index is 1330. The molecule has 2 unspecified atom stereocenters. The van der Waals surface area contributed by atoms with Gasteiger partial charge in [0.1, 0.15) is 23.4 Å². The maximum atomic E-state index is 13.9. The predicted molar refractivity (Wildman–Crippen MR) is 148 cm³/mol. The minimum atomic E-state index is -0.842. The monoisotopic (exact) mass is 548 g/mol. The van der Waals surface area contributed by atoms with Crippen molar-refractivity contribution in [1.82, 2.24) is 15.1 Å². The molecule has 4 rings (SSSR count). The fourth-order valence-corrected chi connectivity index (χ4v) is 4.82. The Morgan fingerprint density at radius 2 is 1.65 bits per heavy atom. The highest BCUT2D eigenvalue weighted by atomic mass is 19.1. The van der Waals surface area contributed by atoms with E-state index in [9.17, 15) is 18.8 Å². The first kappa shape index (κ1) is 28.6. The number of nitrogens with one attached hydrogen (secondary N) is 1. The largest absolute Gasteiger partial charge is 0.497 e. The van der Waals surface area contributed by atoms with Crippen LogP contribution in [0.5, 0.6) is 11.5 Å². The second-order valence-corrected chi connectivity index (χ2v) is 9.46. The molecule has 0 aliphatic carbocycles. The number of amides is 3. The Hall–Kier alpha value is -4.44. The molecule has 9 nitrogen and oxygen atoms in total. The van der Waals surface area contributed by atoms with E-state index in [2.05, 4.69) is 5.32 Å². The standard InChI is InChI=1S/C30H33FN4O5/c1-39-25-12-8-22(9-13-25)29(37)34(18-20-4-3-5-26(16-20)40-2)24-17-27(28(36)33-15-14-32)35(19-24)30(38)21-6-10-23(31)11-7-21/h3-13,16,24,27H,14-15,17-19,32H2,1-2H3,(H,33,36). The third-order valence-electron chi connectivity index (χ3n) is 6.90. The van der Waals surface area contributed by atoms with E-state index in [1.54, 1.807) is 43.4 Å². The number of carbonyl (C=O) groups excluding carboxylic acids is 3. The van der Waals surface area contributed by atoms with Crippen molar-refractivity contribution in [2.24, 2.45) is 5.73 Å². The Morgan fingerprint density at radius 1 is 0.975 bits per heavy atom. The number of nitrogens with zero attached hydrogens (tertiary/aromatic N) is 2. The summed E-state index contributed by atoms with van der Waals surface area (Å²) < 4.78 is 24.1. The van der Waals surface area contributed by atoms with Crippen molar-refractivity contribution in [3.63, 3.8) is 0 Å². The van der Waals surface area contributed by atoms with Crippen LogP contribution in [0, 0.1) is 5.82 Å². The number of ether oxygens (including phenoxy) is 2. The molecule has 1 fully saturated rings. The van der Waals surface area contributed by atoms with Crippen LogP contribution < -0.4 is 20.5 Å². The van der Waals surface area contributed by atoms with E-state index in [4.69, 9.17) is 15.2 Å². The maximum absolute atomic E-state index is 13.9. The average Bonchev–Trinajstić information content (AvgIpc) is 3.44. The summed E-state index contributed by atoms with van der Waals surface area (Å²) in [6, 6.07) is 18.0. The summed E-state index contributed by atoms with van der Waals surface area (Å²) in [5, 5.41) is 2.77. The first-order valence-electron chi connectivity index (χ1n) is 13.0. The van der Waals surface area contributed by atoms with Gasteiger partial charge < -0.3 is 30.3 Å². The summed E-state index contributed by atoms with van der Waals surface area (Å²) in [6.45, 7) is 0.827. The van der Waals surface area contributed by atoms with Crippen molar-refractivity contribution in [3.8, 4) is 11.5 Å². The van der Waals surface area contributed by atoms with E-state index in [0.29, 0.717) is 17.1 Å². The fourth-order valence-electron chi connectivity index (χ4n) is 4.82. The van der Waals surface area contributed by atoms with Crippen LogP contribution >= 0.6 is 0 Å². The molecule has 3 aromatic carbocycles. The SMILES string of the molecule is COc1ccc(C(=O)N(Cc2cccc(OC)c2)C2CC(C(=O)NCCN)N(C(=O)c3ccc(F)cc3)C2)cc1. The van der Waals surface area contributed by atoms with Gasteiger partial charge in [0, 0.05) is 37.3 Å². The smallest absolute Gasteiger partial charge is 0.254 e. The normalized spacial score (nSPS) is 16.4. The average molecular weight is 549 g/mol.